The zero-order valence-corrected chi connectivity index (χ0v) is 10.6. The summed E-state index contributed by atoms with van der Waals surface area (Å²) in [5.74, 6) is 0.605. The van der Waals surface area contributed by atoms with Gasteiger partial charge in [0.15, 0.2) is 0 Å². The van der Waals surface area contributed by atoms with Gasteiger partial charge in [-0.25, -0.2) is 4.79 Å². The van der Waals surface area contributed by atoms with Crippen molar-refractivity contribution in [2.45, 2.75) is 46.1 Å². The van der Waals surface area contributed by atoms with Crippen LogP contribution in [0.4, 0.5) is 4.79 Å². The molecule has 16 heavy (non-hydrogen) atoms. The zero-order chi connectivity index (χ0) is 12.3. The Morgan fingerprint density at radius 1 is 1.31 bits per heavy atom. The molecule has 0 spiro atoms. The number of nitrogens with zero attached hydrogens (tertiary/aromatic N) is 1. The van der Waals surface area contributed by atoms with E-state index in [9.17, 15) is 9.59 Å². The Kier molecular flexibility index (Phi) is 3.94. The van der Waals surface area contributed by atoms with E-state index in [4.69, 9.17) is 4.74 Å². The minimum atomic E-state index is -0.443. The number of ether oxygens (including phenoxy) is 1. The molecule has 0 N–H and O–H groups in total. The van der Waals surface area contributed by atoms with Crippen LogP contribution in [0.25, 0.3) is 0 Å². The first-order valence-corrected chi connectivity index (χ1v) is 5.81. The number of carbonyl (C=O) groups is 2. The maximum absolute atomic E-state index is 11.6. The first-order valence-electron chi connectivity index (χ1n) is 5.81. The molecule has 0 saturated carbocycles. The Morgan fingerprint density at radius 3 is 2.31 bits per heavy atom. The number of amides is 1. The molecule has 92 valence electrons. The van der Waals surface area contributed by atoms with E-state index in [-0.39, 0.29) is 11.9 Å². The van der Waals surface area contributed by atoms with Crippen molar-refractivity contribution < 1.29 is 14.3 Å². The standard InChI is InChI=1S/C12H21NO3/c1-5-10(14)6-9-7-13(8-9)11(15)16-12(2,3)4/h9H,5-8H2,1-4H3. The van der Waals surface area contributed by atoms with E-state index < -0.39 is 5.60 Å². The fourth-order valence-electron chi connectivity index (χ4n) is 1.64. The summed E-state index contributed by atoms with van der Waals surface area (Å²) >= 11 is 0. The second kappa shape index (κ2) is 4.85. The largest absolute Gasteiger partial charge is 0.444 e. The SMILES string of the molecule is CCC(=O)CC1CN(C(=O)OC(C)(C)C)C1. The van der Waals surface area contributed by atoms with E-state index in [1.807, 2.05) is 27.7 Å². The van der Waals surface area contributed by atoms with E-state index in [2.05, 4.69) is 0 Å². The van der Waals surface area contributed by atoms with Crippen LogP contribution >= 0.6 is 0 Å². The van der Waals surface area contributed by atoms with Crippen LogP contribution in [0.15, 0.2) is 0 Å². The Labute approximate surface area is 96.9 Å². The molecule has 0 unspecified atom stereocenters. The Hall–Kier alpha value is -1.06. The fraction of sp³-hybridized carbons (Fsp3) is 0.833. The van der Waals surface area contributed by atoms with Gasteiger partial charge >= 0.3 is 6.09 Å². The van der Waals surface area contributed by atoms with Gasteiger partial charge in [-0.3, -0.25) is 4.79 Å². The molecule has 1 heterocycles. The van der Waals surface area contributed by atoms with E-state index in [1.165, 1.54) is 0 Å². The molecular weight excluding hydrogens is 206 g/mol. The third-order valence-corrected chi connectivity index (χ3v) is 2.52. The van der Waals surface area contributed by atoms with Gasteiger partial charge in [0.05, 0.1) is 0 Å². The summed E-state index contributed by atoms with van der Waals surface area (Å²) < 4.78 is 5.22. The molecule has 1 fully saturated rings. The molecule has 1 saturated heterocycles. The van der Waals surface area contributed by atoms with Crippen LogP contribution in [0.1, 0.15) is 40.5 Å². The number of hydrogen-bond acceptors (Lipinski definition) is 3. The lowest BCUT2D eigenvalue weighted by Gasteiger charge is -2.39. The van der Waals surface area contributed by atoms with Crippen LogP contribution in [-0.4, -0.2) is 35.5 Å². The third-order valence-electron chi connectivity index (χ3n) is 2.52. The first kappa shape index (κ1) is 13.0. The van der Waals surface area contributed by atoms with Gasteiger partial charge in [-0.1, -0.05) is 6.92 Å². The molecule has 0 bridgehead atoms. The van der Waals surface area contributed by atoms with Gasteiger partial charge in [0.25, 0.3) is 0 Å². The van der Waals surface area contributed by atoms with Crippen LogP contribution < -0.4 is 0 Å². The molecule has 0 radical (unpaired) electrons. The Morgan fingerprint density at radius 2 is 1.88 bits per heavy atom. The molecule has 1 rings (SSSR count). The van der Waals surface area contributed by atoms with Gasteiger partial charge in [0, 0.05) is 31.8 Å². The number of hydrogen-bond donors (Lipinski definition) is 0. The number of Topliss-reactive ketones (excluding diaryl/α,β-unsaturated/α-hetero) is 1. The highest BCUT2D eigenvalue weighted by Crippen LogP contribution is 2.22. The lowest BCUT2D eigenvalue weighted by molar-refractivity contribution is -0.121. The lowest BCUT2D eigenvalue weighted by Crippen LogP contribution is -2.52. The second-order valence-corrected chi connectivity index (χ2v) is 5.35. The topological polar surface area (TPSA) is 46.6 Å². The highest BCUT2D eigenvalue weighted by molar-refractivity contribution is 5.79. The zero-order valence-electron chi connectivity index (χ0n) is 10.6. The van der Waals surface area contributed by atoms with Gasteiger partial charge in [-0.15, -0.1) is 0 Å². The fourth-order valence-corrected chi connectivity index (χ4v) is 1.64. The molecule has 0 aliphatic carbocycles. The number of rotatable bonds is 3. The second-order valence-electron chi connectivity index (χ2n) is 5.35. The number of carbonyl (C=O) groups excluding carboxylic acids is 2. The van der Waals surface area contributed by atoms with E-state index in [1.54, 1.807) is 4.90 Å². The van der Waals surface area contributed by atoms with Crippen LogP contribution in [0.2, 0.25) is 0 Å². The van der Waals surface area contributed by atoms with Gasteiger partial charge in [-0.2, -0.15) is 0 Å². The van der Waals surface area contributed by atoms with E-state index in [0.29, 0.717) is 31.8 Å². The highest BCUT2D eigenvalue weighted by Gasteiger charge is 2.34. The van der Waals surface area contributed by atoms with Crippen molar-refractivity contribution >= 4 is 11.9 Å². The summed E-state index contributed by atoms with van der Waals surface area (Å²) in [6.07, 6.45) is 0.909. The summed E-state index contributed by atoms with van der Waals surface area (Å²) in [5.41, 5.74) is -0.443. The molecule has 4 nitrogen and oxygen atoms in total. The summed E-state index contributed by atoms with van der Waals surface area (Å²) in [6.45, 7) is 8.72. The molecule has 1 amide bonds. The van der Waals surface area contributed by atoms with Crippen LogP contribution in [0.5, 0.6) is 0 Å². The van der Waals surface area contributed by atoms with Crippen molar-refractivity contribution in [2.75, 3.05) is 13.1 Å². The highest BCUT2D eigenvalue weighted by atomic mass is 16.6. The maximum atomic E-state index is 11.6. The maximum Gasteiger partial charge on any atom is 0.410 e. The van der Waals surface area contributed by atoms with Crippen molar-refractivity contribution in [1.82, 2.24) is 4.90 Å². The Bertz CT molecular complexity index is 274. The first-order chi connectivity index (χ1) is 7.31. The average molecular weight is 227 g/mol. The van der Waals surface area contributed by atoms with Crippen molar-refractivity contribution in [3.05, 3.63) is 0 Å². The number of ketones is 1. The van der Waals surface area contributed by atoms with Gasteiger partial charge in [0.2, 0.25) is 0 Å². The van der Waals surface area contributed by atoms with E-state index in [0.717, 1.165) is 0 Å². The van der Waals surface area contributed by atoms with Gasteiger partial charge < -0.3 is 9.64 Å². The smallest absolute Gasteiger partial charge is 0.410 e. The average Bonchev–Trinajstić information content (AvgIpc) is 2.06. The number of likely N-dealkylation sites (tertiary alicyclic amines) is 1. The van der Waals surface area contributed by atoms with Crippen LogP contribution in [0.3, 0.4) is 0 Å². The third kappa shape index (κ3) is 3.83. The lowest BCUT2D eigenvalue weighted by atomic mass is 9.94. The summed E-state index contributed by atoms with van der Waals surface area (Å²) in [6, 6.07) is 0. The molecule has 1 aliphatic heterocycles. The molecule has 4 heteroatoms. The molecule has 1 aliphatic rings. The van der Waals surface area contributed by atoms with Crippen molar-refractivity contribution in [3.63, 3.8) is 0 Å². The van der Waals surface area contributed by atoms with Crippen LogP contribution in [0, 0.1) is 5.92 Å². The molecular formula is C12H21NO3. The van der Waals surface area contributed by atoms with Crippen LogP contribution in [-0.2, 0) is 9.53 Å². The van der Waals surface area contributed by atoms with E-state index >= 15 is 0 Å². The minimum absolute atomic E-state index is 0.271. The quantitative estimate of drug-likeness (QED) is 0.742. The van der Waals surface area contributed by atoms with Gasteiger partial charge in [0.1, 0.15) is 11.4 Å². The normalized spacial score (nSPS) is 16.9. The summed E-state index contributed by atoms with van der Waals surface area (Å²) in [4.78, 5) is 24.4. The monoisotopic (exact) mass is 227 g/mol. The predicted molar refractivity (Wildman–Crippen MR) is 61.2 cm³/mol. The molecule has 0 aromatic heterocycles. The molecule has 0 aromatic rings. The van der Waals surface area contributed by atoms with Crippen molar-refractivity contribution in [1.29, 1.82) is 0 Å². The molecule has 0 atom stereocenters. The summed E-state index contributed by atoms with van der Waals surface area (Å²) in [7, 11) is 0. The van der Waals surface area contributed by atoms with Gasteiger partial charge in [-0.05, 0) is 20.8 Å². The predicted octanol–water partition coefficient (Wildman–Crippen LogP) is 2.22. The minimum Gasteiger partial charge on any atom is -0.444 e. The summed E-state index contributed by atoms with van der Waals surface area (Å²) in [5, 5.41) is 0. The Balaban J connectivity index is 2.25. The van der Waals surface area contributed by atoms with Crippen molar-refractivity contribution in [3.8, 4) is 0 Å². The molecule has 0 aromatic carbocycles. The van der Waals surface area contributed by atoms with Crippen molar-refractivity contribution in [2.24, 2.45) is 5.92 Å².